The van der Waals surface area contributed by atoms with Crippen molar-refractivity contribution in [3.63, 3.8) is 0 Å². The Kier molecular flexibility index (Phi) is 8.38. The second kappa shape index (κ2) is 12.6. The van der Waals surface area contributed by atoms with Crippen molar-refractivity contribution < 1.29 is 18.9 Å². The zero-order valence-electron chi connectivity index (χ0n) is 25.7. The first kappa shape index (κ1) is 30.7. The van der Waals surface area contributed by atoms with Gasteiger partial charge in [-0.1, -0.05) is 91.9 Å². The molecule has 0 amide bonds. The average molecular weight is 634 g/mol. The molecule has 3 aromatic carbocycles. The number of nitro benzene ring substituents is 1. The number of nitro groups is 1. The van der Waals surface area contributed by atoms with Crippen molar-refractivity contribution in [2.75, 3.05) is 6.61 Å². The quantitative estimate of drug-likeness (QED) is 0.109. The minimum atomic E-state index is -0.784. The van der Waals surface area contributed by atoms with Crippen LogP contribution in [0, 0.1) is 17.0 Å². The van der Waals surface area contributed by atoms with Crippen LogP contribution in [0.25, 0.3) is 23.1 Å². The largest absolute Gasteiger partial charge is 0.463 e. The summed E-state index contributed by atoms with van der Waals surface area (Å²) in [4.78, 5) is 44.2. The second-order valence-corrected chi connectivity index (χ2v) is 12.2. The van der Waals surface area contributed by atoms with E-state index < -0.39 is 16.9 Å². The summed E-state index contributed by atoms with van der Waals surface area (Å²) >= 11 is 1.20. The van der Waals surface area contributed by atoms with Gasteiger partial charge in [0.1, 0.15) is 11.5 Å². The molecule has 3 heterocycles. The van der Waals surface area contributed by atoms with E-state index in [0.717, 1.165) is 16.7 Å². The van der Waals surface area contributed by atoms with Crippen LogP contribution in [0.5, 0.6) is 0 Å². The van der Waals surface area contributed by atoms with Crippen LogP contribution in [0.2, 0.25) is 0 Å². The highest BCUT2D eigenvalue weighted by molar-refractivity contribution is 7.07. The molecule has 0 spiro atoms. The lowest BCUT2D eigenvalue weighted by Crippen LogP contribution is -2.40. The van der Waals surface area contributed by atoms with Crippen LogP contribution in [0.15, 0.2) is 105 Å². The van der Waals surface area contributed by atoms with Gasteiger partial charge >= 0.3 is 5.97 Å². The fraction of sp³-hybridized carbons (Fsp3) is 0.194. The third-order valence-corrected chi connectivity index (χ3v) is 8.94. The predicted molar refractivity (Wildman–Crippen MR) is 177 cm³/mol. The number of carbonyl (C=O) groups is 1. The van der Waals surface area contributed by atoms with Crippen molar-refractivity contribution in [2.24, 2.45) is 4.99 Å². The Morgan fingerprint density at radius 2 is 1.80 bits per heavy atom. The highest BCUT2D eigenvalue weighted by Crippen LogP contribution is 2.36. The minimum absolute atomic E-state index is 0.00295. The molecule has 0 unspecified atom stereocenters. The average Bonchev–Trinajstić information content (AvgIpc) is 3.64. The number of thiazole rings is 1. The molecule has 2 aromatic heterocycles. The van der Waals surface area contributed by atoms with Gasteiger partial charge in [0.15, 0.2) is 4.80 Å². The molecule has 0 fully saturated rings. The normalized spacial score (nSPS) is 14.7. The molecule has 5 aromatic rings. The molecule has 0 radical (unpaired) electrons. The van der Waals surface area contributed by atoms with Gasteiger partial charge in [-0.05, 0) is 43.0 Å². The molecular formula is C36H31N3O6S. The number of benzene rings is 3. The first-order valence-electron chi connectivity index (χ1n) is 14.9. The number of furan rings is 1. The Bertz CT molecular complexity index is 2170. The van der Waals surface area contributed by atoms with Gasteiger partial charge < -0.3 is 9.15 Å². The lowest BCUT2D eigenvalue weighted by Gasteiger charge is -2.26. The Hall–Kier alpha value is -5.35. The molecule has 10 heteroatoms. The van der Waals surface area contributed by atoms with Crippen molar-refractivity contribution in [1.82, 2.24) is 4.57 Å². The fourth-order valence-electron chi connectivity index (χ4n) is 5.61. The summed E-state index contributed by atoms with van der Waals surface area (Å²) in [5.74, 6) is 0.608. The molecular weight excluding hydrogens is 602 g/mol. The molecule has 6 rings (SSSR count). The second-order valence-electron chi connectivity index (χ2n) is 11.2. The van der Waals surface area contributed by atoms with Gasteiger partial charge in [-0.15, -0.1) is 0 Å². The van der Waals surface area contributed by atoms with E-state index in [9.17, 15) is 19.7 Å². The lowest BCUT2D eigenvalue weighted by atomic mass is 9.91. The Morgan fingerprint density at radius 3 is 2.48 bits per heavy atom. The van der Waals surface area contributed by atoms with Gasteiger partial charge in [-0.2, -0.15) is 0 Å². The summed E-state index contributed by atoms with van der Waals surface area (Å²) < 4.78 is 13.5. The monoisotopic (exact) mass is 633 g/mol. The maximum Gasteiger partial charge on any atom is 0.338 e. The van der Waals surface area contributed by atoms with E-state index in [1.165, 1.54) is 17.4 Å². The van der Waals surface area contributed by atoms with Crippen molar-refractivity contribution in [3.8, 4) is 11.3 Å². The number of hydrogen-bond donors (Lipinski definition) is 0. The number of rotatable bonds is 8. The highest BCUT2D eigenvalue weighted by atomic mass is 32.1. The Labute approximate surface area is 268 Å². The van der Waals surface area contributed by atoms with Crippen LogP contribution >= 0.6 is 11.3 Å². The zero-order chi connectivity index (χ0) is 32.5. The van der Waals surface area contributed by atoms with Crippen LogP contribution in [0.3, 0.4) is 0 Å². The number of hydrogen-bond acceptors (Lipinski definition) is 8. The van der Waals surface area contributed by atoms with Crippen molar-refractivity contribution >= 4 is 34.8 Å². The summed E-state index contributed by atoms with van der Waals surface area (Å²) in [6, 6.07) is 24.8. The van der Waals surface area contributed by atoms with Gasteiger partial charge in [0.25, 0.3) is 11.2 Å². The van der Waals surface area contributed by atoms with Crippen LogP contribution in [-0.4, -0.2) is 22.1 Å². The van der Waals surface area contributed by atoms with Gasteiger partial charge in [0.05, 0.1) is 33.4 Å². The third-order valence-electron chi connectivity index (χ3n) is 7.96. The van der Waals surface area contributed by atoms with Crippen LogP contribution < -0.4 is 14.9 Å². The molecule has 0 saturated carbocycles. The molecule has 1 aliphatic heterocycles. The lowest BCUT2D eigenvalue weighted by molar-refractivity contribution is -0.385. The van der Waals surface area contributed by atoms with E-state index in [1.807, 2.05) is 54.6 Å². The first-order chi connectivity index (χ1) is 22.2. The third kappa shape index (κ3) is 5.63. The summed E-state index contributed by atoms with van der Waals surface area (Å²) in [5, 5.41) is 11.5. The molecule has 46 heavy (non-hydrogen) atoms. The topological polar surface area (TPSA) is 117 Å². The Balaban J connectivity index is 1.54. The predicted octanol–water partition coefficient (Wildman–Crippen LogP) is 6.54. The molecule has 9 nitrogen and oxygen atoms in total. The number of nitrogens with zero attached hydrogens (tertiary/aromatic N) is 3. The highest BCUT2D eigenvalue weighted by Gasteiger charge is 2.35. The molecule has 0 bridgehead atoms. The molecule has 1 aliphatic rings. The standard InChI is InChI=1S/C36H31N3O6S/c1-5-44-35(41)31-32(24-10-7-6-8-11-24)37-36-38(33(31)25-16-14-23(15-17-25)21(2)3)34(40)30(46-36)20-26-18-19-29(45-26)27-12-9-13-28(22(27)4)39(42)43/h6-21,33H,5H2,1-4H3/b30-20-/t33-/m0/s1. The number of ether oxygens (including phenoxy) is 1. The SMILES string of the molecule is CCOC(=O)C1=C(c2ccccc2)N=c2s/c(=C\c3ccc(-c4cccc([N+](=O)[O-])c4C)o3)c(=O)n2[C@H]1c1ccc(C(C)C)cc1. The molecule has 0 saturated heterocycles. The fourth-order valence-corrected chi connectivity index (χ4v) is 6.59. The van der Waals surface area contributed by atoms with Crippen LogP contribution in [-0.2, 0) is 9.53 Å². The van der Waals surface area contributed by atoms with E-state index >= 15 is 0 Å². The summed E-state index contributed by atoms with van der Waals surface area (Å²) in [6.45, 7) is 7.80. The maximum absolute atomic E-state index is 14.2. The first-order valence-corrected chi connectivity index (χ1v) is 15.7. The van der Waals surface area contributed by atoms with Gasteiger partial charge in [0, 0.05) is 28.8 Å². The molecule has 0 aliphatic carbocycles. The minimum Gasteiger partial charge on any atom is -0.463 e. The van der Waals surface area contributed by atoms with Crippen LogP contribution in [0.1, 0.15) is 60.7 Å². The summed E-state index contributed by atoms with van der Waals surface area (Å²) in [5.41, 5.74) is 4.09. The van der Waals surface area contributed by atoms with Crippen molar-refractivity contribution in [2.45, 2.75) is 39.7 Å². The van der Waals surface area contributed by atoms with Crippen molar-refractivity contribution in [1.29, 1.82) is 0 Å². The van der Waals surface area contributed by atoms with E-state index in [1.54, 1.807) is 48.8 Å². The van der Waals surface area contributed by atoms with Crippen molar-refractivity contribution in [3.05, 3.63) is 148 Å². The van der Waals surface area contributed by atoms with Gasteiger partial charge in [-0.25, -0.2) is 9.79 Å². The van der Waals surface area contributed by atoms with E-state index in [-0.39, 0.29) is 23.4 Å². The smallest absolute Gasteiger partial charge is 0.338 e. The molecule has 232 valence electrons. The summed E-state index contributed by atoms with van der Waals surface area (Å²) in [7, 11) is 0. The molecule has 1 atom stereocenters. The van der Waals surface area contributed by atoms with E-state index in [0.29, 0.717) is 43.6 Å². The van der Waals surface area contributed by atoms with Crippen LogP contribution in [0.4, 0.5) is 5.69 Å². The van der Waals surface area contributed by atoms with Gasteiger partial charge in [0.2, 0.25) is 0 Å². The Morgan fingerprint density at radius 1 is 1.07 bits per heavy atom. The number of carbonyl (C=O) groups excluding carboxylic acids is 1. The zero-order valence-corrected chi connectivity index (χ0v) is 26.5. The summed E-state index contributed by atoms with van der Waals surface area (Å²) in [6.07, 6.45) is 1.63. The van der Waals surface area contributed by atoms with E-state index in [4.69, 9.17) is 14.1 Å². The number of aromatic nitrogens is 1. The van der Waals surface area contributed by atoms with E-state index in [2.05, 4.69) is 13.8 Å². The molecule has 0 N–H and O–H groups in total. The maximum atomic E-state index is 14.2. The van der Waals surface area contributed by atoms with Gasteiger partial charge in [-0.3, -0.25) is 19.5 Å². The number of esters is 1. The number of fused-ring (bicyclic) bond motifs is 1.